The lowest BCUT2D eigenvalue weighted by atomic mass is 9.99. The normalized spacial score (nSPS) is 14.0. The molecule has 1 aromatic rings. The monoisotopic (exact) mass is 222 g/mol. The van der Waals surface area contributed by atoms with Gasteiger partial charge in [0, 0.05) is 12.5 Å². The molecule has 0 amide bonds. The summed E-state index contributed by atoms with van der Waals surface area (Å²) in [5.74, 6) is -1.95. The SMILES string of the molecule is CC(CO)c1cccc(C(F)(F)F)c1F. The molecule has 1 aromatic carbocycles. The van der Waals surface area contributed by atoms with Gasteiger partial charge >= 0.3 is 6.18 Å². The molecule has 15 heavy (non-hydrogen) atoms. The van der Waals surface area contributed by atoms with Gasteiger partial charge in [0.2, 0.25) is 0 Å². The molecule has 1 rings (SSSR count). The van der Waals surface area contributed by atoms with E-state index in [1.165, 1.54) is 13.0 Å². The lowest BCUT2D eigenvalue weighted by molar-refractivity contribution is -0.140. The van der Waals surface area contributed by atoms with E-state index in [9.17, 15) is 17.6 Å². The summed E-state index contributed by atoms with van der Waals surface area (Å²) in [4.78, 5) is 0. The Hall–Kier alpha value is -1.10. The molecule has 0 aliphatic rings. The molecule has 1 N–H and O–H groups in total. The Morgan fingerprint density at radius 3 is 2.40 bits per heavy atom. The smallest absolute Gasteiger partial charge is 0.396 e. The summed E-state index contributed by atoms with van der Waals surface area (Å²) in [6, 6.07) is 3.06. The standard InChI is InChI=1S/C10H10F4O/c1-6(5-15)7-3-2-4-8(9(7)11)10(12,13)14/h2-4,6,15H,5H2,1H3. The van der Waals surface area contributed by atoms with Crippen molar-refractivity contribution < 1.29 is 22.7 Å². The van der Waals surface area contributed by atoms with Gasteiger partial charge in [-0.25, -0.2) is 4.39 Å². The highest BCUT2D eigenvalue weighted by molar-refractivity contribution is 5.30. The van der Waals surface area contributed by atoms with Crippen molar-refractivity contribution in [3.63, 3.8) is 0 Å². The predicted molar refractivity (Wildman–Crippen MR) is 46.9 cm³/mol. The summed E-state index contributed by atoms with van der Waals surface area (Å²) in [5, 5.41) is 8.76. The van der Waals surface area contributed by atoms with Crippen LogP contribution in [0.25, 0.3) is 0 Å². The fraction of sp³-hybridized carbons (Fsp3) is 0.400. The van der Waals surface area contributed by atoms with Gasteiger partial charge in [0.1, 0.15) is 5.82 Å². The van der Waals surface area contributed by atoms with E-state index < -0.39 is 30.1 Å². The Morgan fingerprint density at radius 2 is 1.93 bits per heavy atom. The maximum Gasteiger partial charge on any atom is 0.419 e. The highest BCUT2D eigenvalue weighted by Crippen LogP contribution is 2.34. The molecule has 1 atom stereocenters. The van der Waals surface area contributed by atoms with Crippen molar-refractivity contribution in [3.8, 4) is 0 Å². The minimum atomic E-state index is -4.70. The van der Waals surface area contributed by atoms with E-state index in [0.29, 0.717) is 6.07 Å². The minimum Gasteiger partial charge on any atom is -0.396 e. The molecule has 0 heterocycles. The van der Waals surface area contributed by atoms with Crippen LogP contribution < -0.4 is 0 Å². The third-order valence-electron chi connectivity index (χ3n) is 2.14. The Kier molecular flexibility index (Phi) is 3.34. The van der Waals surface area contributed by atoms with Crippen LogP contribution in [-0.4, -0.2) is 11.7 Å². The van der Waals surface area contributed by atoms with Gasteiger partial charge in [-0.3, -0.25) is 0 Å². The van der Waals surface area contributed by atoms with Crippen molar-refractivity contribution in [3.05, 3.63) is 35.1 Å². The zero-order chi connectivity index (χ0) is 11.6. The number of halogens is 4. The molecule has 0 saturated carbocycles. The second kappa shape index (κ2) is 4.18. The molecule has 84 valence electrons. The first-order valence-electron chi connectivity index (χ1n) is 4.34. The van der Waals surface area contributed by atoms with Crippen molar-refractivity contribution >= 4 is 0 Å². The predicted octanol–water partition coefficient (Wildman–Crippen LogP) is 2.94. The quantitative estimate of drug-likeness (QED) is 0.763. The van der Waals surface area contributed by atoms with Gasteiger partial charge in [-0.1, -0.05) is 19.1 Å². The minimum absolute atomic E-state index is 0.118. The van der Waals surface area contributed by atoms with Crippen LogP contribution in [-0.2, 0) is 6.18 Å². The maximum atomic E-state index is 13.4. The van der Waals surface area contributed by atoms with Gasteiger partial charge in [-0.05, 0) is 11.6 Å². The molecule has 0 aliphatic carbocycles. The Labute approximate surface area is 84.3 Å². The fourth-order valence-corrected chi connectivity index (χ4v) is 1.25. The number of aliphatic hydroxyl groups is 1. The molecule has 1 unspecified atom stereocenters. The van der Waals surface area contributed by atoms with Crippen LogP contribution in [0, 0.1) is 5.82 Å². The van der Waals surface area contributed by atoms with Crippen LogP contribution in [0.4, 0.5) is 17.6 Å². The second-order valence-corrected chi connectivity index (χ2v) is 3.29. The third kappa shape index (κ3) is 2.47. The Bertz CT molecular complexity index is 346. The summed E-state index contributed by atoms with van der Waals surface area (Å²) >= 11 is 0. The van der Waals surface area contributed by atoms with Gasteiger partial charge < -0.3 is 5.11 Å². The molecule has 0 bridgehead atoms. The zero-order valence-corrected chi connectivity index (χ0v) is 7.98. The summed E-state index contributed by atoms with van der Waals surface area (Å²) < 4.78 is 50.3. The first-order valence-corrected chi connectivity index (χ1v) is 4.34. The molecule has 5 heteroatoms. The van der Waals surface area contributed by atoms with Gasteiger partial charge in [0.05, 0.1) is 5.56 Å². The molecule has 0 aliphatic heterocycles. The molecule has 0 fully saturated rings. The van der Waals surface area contributed by atoms with Crippen LogP contribution in [0.1, 0.15) is 24.0 Å². The van der Waals surface area contributed by atoms with Gasteiger partial charge in [0.25, 0.3) is 0 Å². The fourth-order valence-electron chi connectivity index (χ4n) is 1.25. The summed E-state index contributed by atoms with van der Waals surface area (Å²) in [7, 11) is 0. The number of hydrogen-bond acceptors (Lipinski definition) is 1. The second-order valence-electron chi connectivity index (χ2n) is 3.29. The molecule has 0 spiro atoms. The molecular weight excluding hydrogens is 212 g/mol. The zero-order valence-electron chi connectivity index (χ0n) is 7.98. The van der Waals surface area contributed by atoms with Crippen molar-refractivity contribution in [2.45, 2.75) is 19.0 Å². The number of hydrogen-bond donors (Lipinski definition) is 1. The van der Waals surface area contributed by atoms with E-state index >= 15 is 0 Å². The van der Waals surface area contributed by atoms with Crippen LogP contribution in [0.3, 0.4) is 0 Å². The van der Waals surface area contributed by atoms with E-state index in [0.717, 1.165) is 6.07 Å². The first-order chi connectivity index (χ1) is 6.88. The van der Waals surface area contributed by atoms with E-state index in [1.807, 2.05) is 0 Å². The van der Waals surface area contributed by atoms with Crippen molar-refractivity contribution in [2.24, 2.45) is 0 Å². The first kappa shape index (κ1) is 12.0. The topological polar surface area (TPSA) is 20.2 Å². The summed E-state index contributed by atoms with van der Waals surface area (Å²) in [6.45, 7) is 1.07. The van der Waals surface area contributed by atoms with Crippen LogP contribution >= 0.6 is 0 Å². The van der Waals surface area contributed by atoms with Crippen LogP contribution in [0.15, 0.2) is 18.2 Å². The van der Waals surface area contributed by atoms with Crippen molar-refractivity contribution in [2.75, 3.05) is 6.61 Å². The van der Waals surface area contributed by atoms with Crippen LogP contribution in [0.2, 0.25) is 0 Å². The van der Waals surface area contributed by atoms with Gasteiger partial charge in [-0.2, -0.15) is 13.2 Å². The summed E-state index contributed by atoms with van der Waals surface area (Å²) in [5.41, 5.74) is -1.41. The van der Waals surface area contributed by atoms with Crippen molar-refractivity contribution in [1.82, 2.24) is 0 Å². The Balaban J connectivity index is 3.23. The van der Waals surface area contributed by atoms with E-state index in [1.54, 1.807) is 0 Å². The number of rotatable bonds is 2. The van der Waals surface area contributed by atoms with Crippen molar-refractivity contribution in [1.29, 1.82) is 0 Å². The largest absolute Gasteiger partial charge is 0.419 e. The highest BCUT2D eigenvalue weighted by atomic mass is 19.4. The van der Waals surface area contributed by atoms with Gasteiger partial charge in [-0.15, -0.1) is 0 Å². The van der Waals surface area contributed by atoms with Gasteiger partial charge in [0.15, 0.2) is 0 Å². The molecule has 0 saturated heterocycles. The number of aliphatic hydroxyl groups excluding tert-OH is 1. The van der Waals surface area contributed by atoms with Crippen LogP contribution in [0.5, 0.6) is 0 Å². The van der Waals surface area contributed by atoms with E-state index in [2.05, 4.69) is 0 Å². The lowest BCUT2D eigenvalue weighted by Crippen LogP contribution is -2.12. The Morgan fingerprint density at radius 1 is 1.33 bits per heavy atom. The molecule has 0 radical (unpaired) electrons. The molecule has 0 aromatic heterocycles. The maximum absolute atomic E-state index is 13.4. The molecule has 1 nitrogen and oxygen atoms in total. The number of benzene rings is 1. The molecular formula is C10H10F4O. The number of alkyl halides is 3. The average molecular weight is 222 g/mol. The van der Waals surface area contributed by atoms with E-state index in [4.69, 9.17) is 5.11 Å². The average Bonchev–Trinajstić information content (AvgIpc) is 2.15. The third-order valence-corrected chi connectivity index (χ3v) is 2.14. The highest BCUT2D eigenvalue weighted by Gasteiger charge is 2.35. The summed E-state index contributed by atoms with van der Waals surface area (Å²) in [6.07, 6.45) is -4.70. The lowest BCUT2D eigenvalue weighted by Gasteiger charge is -2.14. The van der Waals surface area contributed by atoms with E-state index in [-0.39, 0.29) is 5.56 Å².